The maximum absolute atomic E-state index is 12.9. The zero-order chi connectivity index (χ0) is 12.3. The molecular formula is C12H10F2N2O. The number of hydrogen-bond acceptors (Lipinski definition) is 1. The fourth-order valence-electron chi connectivity index (χ4n) is 1.39. The van der Waals surface area contributed by atoms with Crippen molar-refractivity contribution in [2.45, 2.75) is 6.54 Å². The van der Waals surface area contributed by atoms with Gasteiger partial charge in [-0.15, -0.1) is 0 Å². The van der Waals surface area contributed by atoms with E-state index in [1.165, 1.54) is 6.07 Å². The Morgan fingerprint density at radius 2 is 2.06 bits per heavy atom. The number of hydrogen-bond donors (Lipinski definition) is 2. The molecule has 0 spiro atoms. The van der Waals surface area contributed by atoms with Gasteiger partial charge in [-0.05, 0) is 29.8 Å². The van der Waals surface area contributed by atoms with E-state index >= 15 is 0 Å². The number of H-pyrrole nitrogens is 1. The molecule has 0 aliphatic heterocycles. The lowest BCUT2D eigenvalue weighted by Gasteiger charge is -2.04. The average molecular weight is 236 g/mol. The van der Waals surface area contributed by atoms with Gasteiger partial charge in [-0.2, -0.15) is 0 Å². The third-order valence-electron chi connectivity index (χ3n) is 2.30. The predicted octanol–water partition coefficient (Wildman–Crippen LogP) is 2.22. The van der Waals surface area contributed by atoms with Crippen LogP contribution in [0.1, 0.15) is 15.9 Å². The lowest BCUT2D eigenvalue weighted by atomic mass is 10.2. The van der Waals surface area contributed by atoms with E-state index in [-0.39, 0.29) is 5.56 Å². The highest BCUT2D eigenvalue weighted by Gasteiger charge is 2.09. The van der Waals surface area contributed by atoms with Crippen molar-refractivity contribution >= 4 is 5.91 Å². The van der Waals surface area contributed by atoms with E-state index in [1.54, 1.807) is 12.4 Å². The van der Waals surface area contributed by atoms with Gasteiger partial charge in [0.15, 0.2) is 11.6 Å². The molecule has 5 heteroatoms. The number of carbonyl (C=O) groups is 1. The van der Waals surface area contributed by atoms with Gasteiger partial charge in [-0.1, -0.05) is 0 Å². The smallest absolute Gasteiger partial charge is 0.251 e. The molecule has 88 valence electrons. The molecule has 1 heterocycles. The standard InChI is InChI=1S/C12H10F2N2O/c13-10-2-1-9(5-11(10)14)12(17)16-7-8-3-4-15-6-8/h1-6,15H,7H2,(H,16,17). The number of aromatic nitrogens is 1. The Balaban J connectivity index is 2.02. The Morgan fingerprint density at radius 1 is 1.24 bits per heavy atom. The highest BCUT2D eigenvalue weighted by molar-refractivity contribution is 5.94. The first-order valence-corrected chi connectivity index (χ1v) is 5.02. The van der Waals surface area contributed by atoms with Gasteiger partial charge >= 0.3 is 0 Å². The summed E-state index contributed by atoms with van der Waals surface area (Å²) >= 11 is 0. The van der Waals surface area contributed by atoms with Crippen molar-refractivity contribution in [3.63, 3.8) is 0 Å². The quantitative estimate of drug-likeness (QED) is 0.843. The Kier molecular flexibility index (Phi) is 3.18. The summed E-state index contributed by atoms with van der Waals surface area (Å²) < 4.78 is 25.6. The van der Waals surface area contributed by atoms with Crippen molar-refractivity contribution in [3.8, 4) is 0 Å². The normalized spacial score (nSPS) is 10.2. The van der Waals surface area contributed by atoms with Crippen LogP contribution in [0.15, 0.2) is 36.7 Å². The van der Waals surface area contributed by atoms with Crippen molar-refractivity contribution in [3.05, 3.63) is 59.4 Å². The number of benzene rings is 1. The summed E-state index contributed by atoms with van der Waals surface area (Å²) in [6, 6.07) is 4.86. The first-order chi connectivity index (χ1) is 8.16. The van der Waals surface area contributed by atoms with Gasteiger partial charge in [-0.3, -0.25) is 4.79 Å². The molecule has 2 aromatic rings. The molecule has 2 rings (SSSR count). The molecule has 1 aromatic heterocycles. The van der Waals surface area contributed by atoms with Crippen LogP contribution in [0.3, 0.4) is 0 Å². The van der Waals surface area contributed by atoms with Gasteiger partial charge in [-0.25, -0.2) is 8.78 Å². The Morgan fingerprint density at radius 3 is 2.71 bits per heavy atom. The zero-order valence-electron chi connectivity index (χ0n) is 8.84. The molecule has 0 radical (unpaired) electrons. The minimum Gasteiger partial charge on any atom is -0.367 e. The minimum atomic E-state index is -1.03. The van der Waals surface area contributed by atoms with Crippen LogP contribution < -0.4 is 5.32 Å². The summed E-state index contributed by atoms with van der Waals surface area (Å²) in [5.41, 5.74) is 1.00. The van der Waals surface area contributed by atoms with E-state index < -0.39 is 17.5 Å². The summed E-state index contributed by atoms with van der Waals surface area (Å²) in [5.74, 6) is -2.43. The van der Waals surface area contributed by atoms with Gasteiger partial charge in [0, 0.05) is 24.5 Å². The zero-order valence-corrected chi connectivity index (χ0v) is 8.84. The number of halogens is 2. The molecule has 0 aliphatic rings. The molecule has 1 amide bonds. The van der Waals surface area contributed by atoms with E-state index in [4.69, 9.17) is 0 Å². The lowest BCUT2D eigenvalue weighted by Crippen LogP contribution is -2.22. The van der Waals surface area contributed by atoms with Crippen molar-refractivity contribution in [2.75, 3.05) is 0 Å². The molecule has 3 nitrogen and oxygen atoms in total. The molecule has 0 unspecified atom stereocenters. The minimum absolute atomic E-state index is 0.0967. The monoisotopic (exact) mass is 236 g/mol. The maximum Gasteiger partial charge on any atom is 0.251 e. The Bertz CT molecular complexity index is 523. The number of aromatic amines is 1. The lowest BCUT2D eigenvalue weighted by molar-refractivity contribution is 0.0950. The molecule has 1 aromatic carbocycles. The fraction of sp³-hybridized carbons (Fsp3) is 0.0833. The first-order valence-electron chi connectivity index (χ1n) is 5.02. The second-order valence-electron chi connectivity index (χ2n) is 3.53. The van der Waals surface area contributed by atoms with E-state index in [2.05, 4.69) is 10.3 Å². The van der Waals surface area contributed by atoms with Crippen LogP contribution in [0.5, 0.6) is 0 Å². The Hall–Kier alpha value is -2.17. The number of nitrogens with one attached hydrogen (secondary N) is 2. The molecule has 2 N–H and O–H groups in total. The molecule has 0 saturated carbocycles. The van der Waals surface area contributed by atoms with E-state index in [0.29, 0.717) is 6.54 Å². The van der Waals surface area contributed by atoms with Gasteiger partial charge in [0.25, 0.3) is 5.91 Å². The summed E-state index contributed by atoms with van der Waals surface area (Å²) in [6.45, 7) is 0.335. The maximum atomic E-state index is 12.9. The van der Waals surface area contributed by atoms with Crippen molar-refractivity contribution in [2.24, 2.45) is 0 Å². The summed E-state index contributed by atoms with van der Waals surface area (Å²) in [7, 11) is 0. The van der Waals surface area contributed by atoms with Crippen LogP contribution in [0.2, 0.25) is 0 Å². The SMILES string of the molecule is O=C(NCc1cc[nH]c1)c1ccc(F)c(F)c1. The van der Waals surface area contributed by atoms with Crippen LogP contribution in [-0.4, -0.2) is 10.9 Å². The summed E-state index contributed by atoms with van der Waals surface area (Å²) in [5, 5.41) is 2.60. The van der Waals surface area contributed by atoms with Crippen LogP contribution in [0, 0.1) is 11.6 Å². The van der Waals surface area contributed by atoms with Crippen molar-refractivity contribution < 1.29 is 13.6 Å². The van der Waals surface area contributed by atoms with E-state index in [1.807, 2.05) is 6.07 Å². The molecule has 0 bridgehead atoms. The van der Waals surface area contributed by atoms with Crippen LogP contribution in [0.4, 0.5) is 8.78 Å². The molecule has 0 atom stereocenters. The highest BCUT2D eigenvalue weighted by Crippen LogP contribution is 2.08. The third-order valence-corrected chi connectivity index (χ3v) is 2.30. The number of rotatable bonds is 3. The van der Waals surface area contributed by atoms with Gasteiger partial charge in [0.1, 0.15) is 0 Å². The van der Waals surface area contributed by atoms with E-state index in [9.17, 15) is 13.6 Å². The second-order valence-corrected chi connectivity index (χ2v) is 3.53. The molecule has 17 heavy (non-hydrogen) atoms. The molecule has 0 saturated heterocycles. The second kappa shape index (κ2) is 4.78. The average Bonchev–Trinajstić information content (AvgIpc) is 2.82. The Labute approximate surface area is 96.5 Å². The molecule has 0 aliphatic carbocycles. The van der Waals surface area contributed by atoms with Crippen molar-refractivity contribution in [1.29, 1.82) is 0 Å². The number of carbonyl (C=O) groups excluding carboxylic acids is 1. The van der Waals surface area contributed by atoms with Crippen LogP contribution in [-0.2, 0) is 6.54 Å². The highest BCUT2D eigenvalue weighted by atomic mass is 19.2. The largest absolute Gasteiger partial charge is 0.367 e. The predicted molar refractivity (Wildman–Crippen MR) is 58.3 cm³/mol. The van der Waals surface area contributed by atoms with Crippen LogP contribution in [0.25, 0.3) is 0 Å². The molecular weight excluding hydrogens is 226 g/mol. The first kappa shape index (κ1) is 11.3. The summed E-state index contributed by atoms with van der Waals surface area (Å²) in [6.07, 6.45) is 3.48. The van der Waals surface area contributed by atoms with Gasteiger partial charge in [0.05, 0.1) is 0 Å². The summed E-state index contributed by atoms with van der Waals surface area (Å²) in [4.78, 5) is 14.4. The van der Waals surface area contributed by atoms with Crippen LogP contribution >= 0.6 is 0 Å². The number of amides is 1. The molecule has 0 fully saturated rings. The van der Waals surface area contributed by atoms with Crippen molar-refractivity contribution in [1.82, 2.24) is 10.3 Å². The van der Waals surface area contributed by atoms with Gasteiger partial charge in [0.2, 0.25) is 0 Å². The van der Waals surface area contributed by atoms with Gasteiger partial charge < -0.3 is 10.3 Å². The fourth-order valence-corrected chi connectivity index (χ4v) is 1.39. The topological polar surface area (TPSA) is 44.9 Å². The van der Waals surface area contributed by atoms with E-state index in [0.717, 1.165) is 17.7 Å². The third kappa shape index (κ3) is 2.69.